The van der Waals surface area contributed by atoms with Crippen molar-refractivity contribution < 1.29 is 43.2 Å². The van der Waals surface area contributed by atoms with Crippen LogP contribution < -0.4 is 5.19 Å². The van der Waals surface area contributed by atoms with Gasteiger partial charge in [-0.15, -0.1) is 29.1 Å². The van der Waals surface area contributed by atoms with Crippen LogP contribution in [0.4, 0.5) is 13.2 Å². The first kappa shape index (κ1) is 43.1. The van der Waals surface area contributed by atoms with Gasteiger partial charge in [0.25, 0.3) is 0 Å². The van der Waals surface area contributed by atoms with Gasteiger partial charge < -0.3 is 5.11 Å². The third kappa shape index (κ3) is 11.0. The normalized spacial score (nSPS) is 12.5. The first-order valence-electron chi connectivity index (χ1n) is 17.4. The van der Waals surface area contributed by atoms with E-state index in [1.165, 1.54) is 11.3 Å². The SMILES string of the molecule is CC(C)(C)c1cc(-c2cc(-c3ccc([Si](C)(C)C)cc3)c(C(F)(F)F)cn2)[c-]c2ccccc12.CCC(CC)C(=O)/C=C(\O)C(CC)CC.[Ir]. The molecule has 0 saturated heterocycles. The maximum absolute atomic E-state index is 13.9. The monoisotopic (exact) mass is 881 g/mol. The van der Waals surface area contributed by atoms with Crippen molar-refractivity contribution in [3.8, 4) is 22.4 Å². The molecule has 0 spiro atoms. The van der Waals surface area contributed by atoms with E-state index in [1.54, 1.807) is 18.2 Å². The van der Waals surface area contributed by atoms with Gasteiger partial charge in [0.1, 0.15) is 0 Å². The molecule has 3 aromatic carbocycles. The molecule has 0 fully saturated rings. The molecule has 0 unspecified atom stereocenters. The van der Waals surface area contributed by atoms with E-state index < -0.39 is 19.8 Å². The number of benzene rings is 3. The van der Waals surface area contributed by atoms with E-state index in [1.807, 2.05) is 64.1 Å². The number of carbonyl (C=O) groups is 1. The van der Waals surface area contributed by atoms with E-state index in [-0.39, 0.29) is 54.5 Å². The number of fused-ring (bicyclic) bond motifs is 1. The van der Waals surface area contributed by atoms with Crippen molar-refractivity contribution in [2.75, 3.05) is 0 Å². The van der Waals surface area contributed by atoms with Gasteiger partial charge in [0.05, 0.1) is 19.4 Å². The summed E-state index contributed by atoms with van der Waals surface area (Å²) < 4.78 is 41.8. The molecule has 0 aliphatic carbocycles. The Morgan fingerprint density at radius 2 is 1.42 bits per heavy atom. The number of alkyl halides is 3. The van der Waals surface area contributed by atoms with Crippen LogP contribution in [0.5, 0.6) is 0 Å². The molecule has 0 aliphatic heterocycles. The third-order valence-electron chi connectivity index (χ3n) is 9.21. The topological polar surface area (TPSA) is 50.2 Å². The molecule has 273 valence electrons. The predicted octanol–water partition coefficient (Wildman–Crippen LogP) is 12.1. The minimum atomic E-state index is -4.50. The summed E-state index contributed by atoms with van der Waals surface area (Å²) >= 11 is 0. The van der Waals surface area contributed by atoms with Crippen LogP contribution in [0, 0.1) is 17.9 Å². The summed E-state index contributed by atoms with van der Waals surface area (Å²) in [6.45, 7) is 21.1. The standard InChI is InChI=1S/C29H29F3NSi.C13H24O2.Ir/c1-28(2,3)25-16-21(15-20-9-7-8-10-23(20)25)27-17-24(26(18-33-27)29(30,31)32)19-11-13-22(14-12-19)34(4,5)6;1-5-10(6-2)12(14)9-13(15)11(7-3)8-4;/h7-14,16-18H,1-6H3;9-11,14H,5-8H2,1-4H3;/q-1;;/b;12-9-;. The van der Waals surface area contributed by atoms with Crippen LogP contribution >= 0.6 is 0 Å². The van der Waals surface area contributed by atoms with Gasteiger partial charge in [-0.3, -0.25) is 9.78 Å². The van der Waals surface area contributed by atoms with Gasteiger partial charge in [0, 0.05) is 49.9 Å². The average molecular weight is 881 g/mol. The Balaban J connectivity index is 0.000000461. The van der Waals surface area contributed by atoms with Crippen molar-refractivity contribution in [3.05, 3.63) is 95.9 Å². The maximum atomic E-state index is 13.9. The molecule has 50 heavy (non-hydrogen) atoms. The summed E-state index contributed by atoms with van der Waals surface area (Å²) in [6.07, 6.45) is 1.36. The smallest absolute Gasteiger partial charge is 0.418 e. The number of aromatic nitrogens is 1. The second-order valence-corrected chi connectivity index (χ2v) is 19.9. The van der Waals surface area contributed by atoms with Gasteiger partial charge in [-0.2, -0.15) is 13.2 Å². The first-order valence-corrected chi connectivity index (χ1v) is 20.9. The van der Waals surface area contributed by atoms with Crippen molar-refractivity contribution in [2.24, 2.45) is 11.8 Å². The van der Waals surface area contributed by atoms with Crippen LogP contribution in [-0.4, -0.2) is 23.9 Å². The number of rotatable bonds is 10. The van der Waals surface area contributed by atoms with E-state index in [2.05, 4.69) is 57.5 Å². The van der Waals surface area contributed by atoms with E-state index in [9.17, 15) is 23.1 Å². The van der Waals surface area contributed by atoms with Crippen molar-refractivity contribution in [3.63, 3.8) is 0 Å². The van der Waals surface area contributed by atoms with Crippen molar-refractivity contribution >= 4 is 29.8 Å². The average Bonchev–Trinajstić information content (AvgIpc) is 3.04. The van der Waals surface area contributed by atoms with Crippen molar-refractivity contribution in [1.29, 1.82) is 0 Å². The second kappa shape index (κ2) is 17.9. The Morgan fingerprint density at radius 1 is 0.860 bits per heavy atom. The predicted molar refractivity (Wildman–Crippen MR) is 202 cm³/mol. The molecule has 0 saturated carbocycles. The summed E-state index contributed by atoms with van der Waals surface area (Å²) in [4.78, 5) is 16.0. The van der Waals surface area contributed by atoms with Gasteiger partial charge in [0.15, 0.2) is 5.78 Å². The van der Waals surface area contributed by atoms with Crippen LogP contribution in [0.3, 0.4) is 0 Å². The molecule has 1 heterocycles. The van der Waals surface area contributed by atoms with Crippen LogP contribution in [-0.2, 0) is 36.5 Å². The molecular weight excluding hydrogens is 828 g/mol. The zero-order valence-corrected chi connectivity index (χ0v) is 34.6. The minimum Gasteiger partial charge on any atom is -0.512 e. The third-order valence-corrected chi connectivity index (χ3v) is 11.3. The van der Waals surface area contributed by atoms with Gasteiger partial charge in [-0.25, -0.2) is 0 Å². The zero-order chi connectivity index (χ0) is 36.7. The fourth-order valence-corrected chi connectivity index (χ4v) is 7.15. The number of ketones is 1. The van der Waals surface area contributed by atoms with Crippen molar-refractivity contribution in [1.82, 2.24) is 4.98 Å². The summed E-state index contributed by atoms with van der Waals surface area (Å²) in [5.74, 6) is 0.547. The Morgan fingerprint density at radius 3 is 1.92 bits per heavy atom. The van der Waals surface area contributed by atoms with Crippen molar-refractivity contribution in [2.45, 2.75) is 105 Å². The Kier molecular flexibility index (Phi) is 15.5. The largest absolute Gasteiger partial charge is 0.512 e. The molecule has 0 bridgehead atoms. The summed E-state index contributed by atoms with van der Waals surface area (Å²) in [6, 6.07) is 22.4. The number of nitrogens with zero attached hydrogens (tertiary/aromatic N) is 1. The van der Waals surface area contributed by atoms with E-state index in [0.717, 1.165) is 48.2 Å². The van der Waals surface area contributed by atoms with Crippen LogP contribution in [0.1, 0.15) is 85.3 Å². The van der Waals surface area contributed by atoms with Crippen LogP contribution in [0.15, 0.2) is 78.7 Å². The van der Waals surface area contributed by atoms with Gasteiger partial charge in [0.2, 0.25) is 0 Å². The Hall–Kier alpha value is -3.06. The number of hydrogen-bond acceptors (Lipinski definition) is 3. The maximum Gasteiger partial charge on any atom is 0.418 e. The number of hydrogen-bond donors (Lipinski definition) is 1. The molecule has 4 aromatic rings. The fourth-order valence-electron chi connectivity index (χ4n) is 5.99. The second-order valence-electron chi connectivity index (χ2n) is 14.8. The number of pyridine rings is 1. The molecule has 8 heteroatoms. The number of aliphatic hydroxyl groups is 1. The minimum absolute atomic E-state index is 0. The Labute approximate surface area is 312 Å². The number of carbonyl (C=O) groups excluding carboxylic acids is 1. The zero-order valence-electron chi connectivity index (χ0n) is 31.2. The summed E-state index contributed by atoms with van der Waals surface area (Å²) in [7, 11) is -1.56. The van der Waals surface area contributed by atoms with Gasteiger partial charge in [-0.05, 0) is 42.2 Å². The molecular formula is C42H53F3IrNO2Si-. The summed E-state index contributed by atoms with van der Waals surface area (Å²) in [5, 5.41) is 13.0. The Bertz CT molecular complexity index is 1740. The van der Waals surface area contributed by atoms with Gasteiger partial charge in [-0.1, -0.05) is 133 Å². The number of aliphatic hydroxyl groups excluding tert-OH is 1. The van der Waals surface area contributed by atoms with E-state index in [4.69, 9.17) is 0 Å². The molecule has 1 aromatic heterocycles. The summed E-state index contributed by atoms with van der Waals surface area (Å²) in [5.41, 5.74) is 2.08. The number of halogens is 3. The van der Waals surface area contributed by atoms with E-state index >= 15 is 0 Å². The van der Waals surface area contributed by atoms with Gasteiger partial charge >= 0.3 is 6.18 Å². The quantitative estimate of drug-likeness (QED) is 0.0747. The molecule has 0 amide bonds. The molecule has 0 atom stereocenters. The van der Waals surface area contributed by atoms with Crippen LogP contribution in [0.2, 0.25) is 19.6 Å². The molecule has 0 aliphatic rings. The fraction of sp³-hybridized carbons (Fsp3) is 0.429. The molecule has 4 rings (SSSR count). The molecule has 3 nitrogen and oxygen atoms in total. The molecule has 1 N–H and O–H groups in total. The first-order chi connectivity index (χ1) is 22.8. The van der Waals surface area contributed by atoms with Crippen LogP contribution in [0.25, 0.3) is 33.2 Å². The molecule has 1 radical (unpaired) electrons. The van der Waals surface area contributed by atoms with E-state index in [0.29, 0.717) is 16.8 Å². The number of allylic oxidation sites excluding steroid dienone is 2.